The second-order valence-corrected chi connectivity index (χ2v) is 3.96. The Kier molecular flexibility index (Phi) is 3.96. The lowest BCUT2D eigenvalue weighted by atomic mass is 10.2. The molecule has 0 aliphatic rings. The molecule has 1 aromatic carbocycles. The lowest BCUT2D eigenvalue weighted by molar-refractivity contribution is -0.385. The van der Waals surface area contributed by atoms with Gasteiger partial charge in [0.1, 0.15) is 0 Å². The normalized spacial score (nSPS) is 10.4. The first-order chi connectivity index (χ1) is 9.15. The minimum absolute atomic E-state index is 0.119. The molecule has 19 heavy (non-hydrogen) atoms. The van der Waals surface area contributed by atoms with Crippen LogP contribution in [0.3, 0.4) is 0 Å². The van der Waals surface area contributed by atoms with Gasteiger partial charge in [-0.3, -0.25) is 10.1 Å². The predicted molar refractivity (Wildman–Crippen MR) is 67.4 cm³/mol. The number of aromatic nitrogens is 2. The van der Waals surface area contributed by atoms with Crippen molar-refractivity contribution in [3.63, 3.8) is 0 Å². The van der Waals surface area contributed by atoms with E-state index < -0.39 is 4.92 Å². The third-order valence-electron chi connectivity index (χ3n) is 2.40. The second-order valence-electron chi connectivity index (χ2n) is 3.58. The number of hydrogen-bond donors (Lipinski definition) is 0. The minimum atomic E-state index is -0.518. The van der Waals surface area contributed by atoms with Gasteiger partial charge in [0.05, 0.1) is 12.0 Å². The number of rotatable bonds is 5. The molecular formula is C11H10ClN3O4. The van der Waals surface area contributed by atoms with Gasteiger partial charge in [-0.05, 0) is 6.07 Å². The summed E-state index contributed by atoms with van der Waals surface area (Å²) in [5.74, 6) is 1.21. The topological polar surface area (TPSA) is 91.3 Å². The van der Waals surface area contributed by atoms with Crippen LogP contribution in [0.2, 0.25) is 0 Å². The van der Waals surface area contributed by atoms with Crippen molar-refractivity contribution in [2.45, 2.75) is 6.42 Å². The van der Waals surface area contributed by atoms with Gasteiger partial charge in [-0.1, -0.05) is 0 Å². The third kappa shape index (κ3) is 2.82. The van der Waals surface area contributed by atoms with E-state index in [0.29, 0.717) is 23.8 Å². The molecule has 0 aliphatic carbocycles. The Bertz CT molecular complexity index is 599. The number of ether oxygens (including phenoxy) is 1. The standard InChI is InChI=1S/C11H10ClN3O4/c1-18-9-6-7(2-3-8(9)15(16)17)11-14-13-10(19-11)4-5-12/h2-3,6H,4-5H2,1H3. The van der Waals surface area contributed by atoms with E-state index in [1.165, 1.54) is 25.3 Å². The van der Waals surface area contributed by atoms with E-state index in [0.717, 1.165) is 0 Å². The number of halogens is 1. The third-order valence-corrected chi connectivity index (χ3v) is 2.59. The zero-order valence-electron chi connectivity index (χ0n) is 10.00. The van der Waals surface area contributed by atoms with Crippen molar-refractivity contribution in [2.75, 3.05) is 13.0 Å². The lowest BCUT2D eigenvalue weighted by Gasteiger charge is -2.02. The average Bonchev–Trinajstić information content (AvgIpc) is 2.87. The van der Waals surface area contributed by atoms with Gasteiger partial charge in [-0.2, -0.15) is 0 Å². The van der Waals surface area contributed by atoms with Crippen molar-refractivity contribution in [1.82, 2.24) is 10.2 Å². The van der Waals surface area contributed by atoms with Gasteiger partial charge >= 0.3 is 5.69 Å². The summed E-state index contributed by atoms with van der Waals surface area (Å²) in [7, 11) is 1.36. The van der Waals surface area contributed by atoms with Gasteiger partial charge in [0, 0.05) is 30.0 Å². The fraction of sp³-hybridized carbons (Fsp3) is 0.273. The monoisotopic (exact) mass is 283 g/mol. The van der Waals surface area contributed by atoms with Crippen LogP contribution >= 0.6 is 11.6 Å². The second kappa shape index (κ2) is 5.66. The van der Waals surface area contributed by atoms with E-state index in [9.17, 15) is 10.1 Å². The van der Waals surface area contributed by atoms with E-state index >= 15 is 0 Å². The molecule has 8 heteroatoms. The highest BCUT2D eigenvalue weighted by molar-refractivity contribution is 6.17. The number of nitro groups is 1. The summed E-state index contributed by atoms with van der Waals surface area (Å²) in [6, 6.07) is 4.34. The summed E-state index contributed by atoms with van der Waals surface area (Å²) < 4.78 is 10.3. The molecule has 0 amide bonds. The summed E-state index contributed by atoms with van der Waals surface area (Å²) in [6.45, 7) is 0. The zero-order valence-corrected chi connectivity index (χ0v) is 10.8. The molecule has 0 fully saturated rings. The molecule has 7 nitrogen and oxygen atoms in total. The Hall–Kier alpha value is -2.15. The lowest BCUT2D eigenvalue weighted by Crippen LogP contribution is -1.94. The Morgan fingerprint density at radius 1 is 1.47 bits per heavy atom. The molecule has 100 valence electrons. The van der Waals surface area contributed by atoms with Gasteiger partial charge in [-0.25, -0.2) is 0 Å². The molecule has 0 saturated heterocycles. The van der Waals surface area contributed by atoms with Crippen molar-refractivity contribution < 1.29 is 14.1 Å². The average molecular weight is 284 g/mol. The van der Waals surface area contributed by atoms with Crippen molar-refractivity contribution in [1.29, 1.82) is 0 Å². The van der Waals surface area contributed by atoms with Gasteiger partial charge in [0.25, 0.3) is 0 Å². The zero-order chi connectivity index (χ0) is 13.8. The van der Waals surface area contributed by atoms with Crippen molar-refractivity contribution in [3.8, 4) is 17.2 Å². The molecule has 0 N–H and O–H groups in total. The SMILES string of the molecule is COc1cc(-c2nnc(CCCl)o2)ccc1[N+](=O)[O-]. The van der Waals surface area contributed by atoms with Crippen LogP contribution in [0.5, 0.6) is 5.75 Å². The van der Waals surface area contributed by atoms with Gasteiger partial charge in [0.15, 0.2) is 5.75 Å². The van der Waals surface area contributed by atoms with Crippen LogP contribution in [0.15, 0.2) is 22.6 Å². The van der Waals surface area contributed by atoms with Gasteiger partial charge < -0.3 is 9.15 Å². The number of benzene rings is 1. The molecule has 2 aromatic rings. The summed E-state index contributed by atoms with van der Waals surface area (Å²) in [5, 5.41) is 18.5. The largest absolute Gasteiger partial charge is 0.490 e. The van der Waals surface area contributed by atoms with E-state index in [4.69, 9.17) is 20.8 Å². The van der Waals surface area contributed by atoms with Gasteiger partial charge in [-0.15, -0.1) is 21.8 Å². The molecule has 1 aromatic heterocycles. The molecule has 0 unspecified atom stereocenters. The fourth-order valence-corrected chi connectivity index (χ4v) is 1.68. The van der Waals surface area contributed by atoms with Crippen molar-refractivity contribution >= 4 is 17.3 Å². The number of hydrogen-bond acceptors (Lipinski definition) is 6. The van der Waals surface area contributed by atoms with Gasteiger partial charge in [0.2, 0.25) is 11.8 Å². The number of aryl methyl sites for hydroxylation is 1. The van der Waals surface area contributed by atoms with E-state index in [1.54, 1.807) is 0 Å². The highest BCUT2D eigenvalue weighted by Gasteiger charge is 2.17. The van der Waals surface area contributed by atoms with Crippen LogP contribution in [0.1, 0.15) is 5.89 Å². The number of nitro benzene ring substituents is 1. The maximum Gasteiger partial charge on any atom is 0.310 e. The molecule has 0 saturated carbocycles. The van der Waals surface area contributed by atoms with Crippen molar-refractivity contribution in [3.05, 3.63) is 34.2 Å². The fourth-order valence-electron chi connectivity index (χ4n) is 1.51. The number of nitrogens with zero attached hydrogens (tertiary/aromatic N) is 3. The van der Waals surface area contributed by atoms with E-state index in [-0.39, 0.29) is 17.3 Å². The highest BCUT2D eigenvalue weighted by Crippen LogP contribution is 2.31. The van der Waals surface area contributed by atoms with Crippen LogP contribution in [0.4, 0.5) is 5.69 Å². The Morgan fingerprint density at radius 3 is 2.89 bits per heavy atom. The smallest absolute Gasteiger partial charge is 0.310 e. The van der Waals surface area contributed by atoms with E-state index in [2.05, 4.69) is 10.2 Å². The first-order valence-corrected chi connectivity index (χ1v) is 5.90. The maximum atomic E-state index is 10.8. The highest BCUT2D eigenvalue weighted by atomic mass is 35.5. The summed E-state index contributed by atoms with van der Waals surface area (Å²) in [5.41, 5.74) is 0.433. The van der Waals surface area contributed by atoms with E-state index in [1.807, 2.05) is 0 Å². The maximum absolute atomic E-state index is 10.8. The first kappa shape index (κ1) is 13.3. The molecule has 0 aliphatic heterocycles. The van der Waals surface area contributed by atoms with Crippen LogP contribution in [0.25, 0.3) is 11.5 Å². The number of alkyl halides is 1. The minimum Gasteiger partial charge on any atom is -0.490 e. The Labute approximate surface area is 113 Å². The Balaban J connectivity index is 2.36. The molecule has 0 radical (unpaired) electrons. The van der Waals surface area contributed by atoms with Crippen LogP contribution in [-0.4, -0.2) is 28.1 Å². The molecule has 1 heterocycles. The molecule has 0 bridgehead atoms. The quantitative estimate of drug-likeness (QED) is 0.475. The summed E-state index contributed by atoms with van der Waals surface area (Å²) in [4.78, 5) is 10.3. The molecule has 0 atom stereocenters. The van der Waals surface area contributed by atoms with Crippen LogP contribution in [0, 0.1) is 10.1 Å². The van der Waals surface area contributed by atoms with Crippen LogP contribution < -0.4 is 4.74 Å². The first-order valence-electron chi connectivity index (χ1n) is 5.37. The molecular weight excluding hydrogens is 274 g/mol. The molecule has 0 spiro atoms. The number of methoxy groups -OCH3 is 1. The summed E-state index contributed by atoms with van der Waals surface area (Å²) >= 11 is 5.57. The summed E-state index contributed by atoms with van der Waals surface area (Å²) in [6.07, 6.45) is 0.471. The van der Waals surface area contributed by atoms with Crippen LogP contribution in [-0.2, 0) is 6.42 Å². The molecule has 2 rings (SSSR count). The Morgan fingerprint density at radius 2 is 2.26 bits per heavy atom. The predicted octanol–water partition coefficient (Wildman–Crippen LogP) is 2.43. The van der Waals surface area contributed by atoms with Crippen molar-refractivity contribution in [2.24, 2.45) is 0 Å².